The second-order valence-electron chi connectivity index (χ2n) is 7.71. The van der Waals surface area contributed by atoms with Crippen LogP contribution in [-0.2, 0) is 4.79 Å². The van der Waals surface area contributed by atoms with Crippen molar-refractivity contribution in [2.75, 3.05) is 13.1 Å². The summed E-state index contributed by atoms with van der Waals surface area (Å²) in [7, 11) is 0. The highest BCUT2D eigenvalue weighted by molar-refractivity contribution is 5.98. The van der Waals surface area contributed by atoms with Crippen molar-refractivity contribution in [1.29, 1.82) is 0 Å². The number of H-pyrrole nitrogens is 1. The second kappa shape index (κ2) is 7.52. The third-order valence-corrected chi connectivity index (χ3v) is 5.83. The van der Waals surface area contributed by atoms with E-state index in [9.17, 15) is 9.59 Å². The maximum atomic E-state index is 12.9. The molecule has 1 atom stereocenters. The number of hydrogen-bond acceptors (Lipinski definition) is 2. The lowest BCUT2D eigenvalue weighted by Gasteiger charge is -2.33. The molecule has 2 aliphatic rings. The van der Waals surface area contributed by atoms with Gasteiger partial charge in [-0.1, -0.05) is 25.3 Å². The molecule has 0 spiro atoms. The van der Waals surface area contributed by atoms with Crippen molar-refractivity contribution in [3.63, 3.8) is 0 Å². The quantitative estimate of drug-likeness (QED) is 0.887. The summed E-state index contributed by atoms with van der Waals surface area (Å²) in [6.07, 6.45) is 9.53. The maximum absolute atomic E-state index is 12.9. The van der Waals surface area contributed by atoms with Crippen molar-refractivity contribution in [1.82, 2.24) is 15.2 Å². The number of benzene rings is 1. The highest BCUT2D eigenvalue weighted by atomic mass is 16.2. The van der Waals surface area contributed by atoms with Crippen LogP contribution in [0.2, 0.25) is 0 Å². The van der Waals surface area contributed by atoms with E-state index in [1.807, 2.05) is 35.4 Å². The summed E-state index contributed by atoms with van der Waals surface area (Å²) >= 11 is 0. The molecular weight excluding hydrogens is 326 g/mol. The minimum Gasteiger partial charge on any atom is -0.361 e. The van der Waals surface area contributed by atoms with Crippen molar-refractivity contribution >= 4 is 22.7 Å². The maximum Gasteiger partial charge on any atom is 0.253 e. The Morgan fingerprint density at radius 3 is 2.73 bits per heavy atom. The predicted molar refractivity (Wildman–Crippen MR) is 102 cm³/mol. The number of carbonyl (C=O) groups is 2. The first-order chi connectivity index (χ1) is 12.7. The molecule has 1 aliphatic heterocycles. The Hall–Kier alpha value is -2.30. The van der Waals surface area contributed by atoms with Crippen LogP contribution in [0.5, 0.6) is 0 Å². The van der Waals surface area contributed by atoms with Gasteiger partial charge >= 0.3 is 0 Å². The molecule has 1 aromatic carbocycles. The lowest BCUT2D eigenvalue weighted by Crippen LogP contribution is -2.47. The standard InChI is InChI=1S/C21H27N3O2/c25-20(23-18-6-2-1-3-7-18)17-5-4-12-24(14-17)21(26)16-9-8-15-10-11-22-19(15)13-16/h8-11,13,17-18,22H,1-7,12,14H2,(H,23,25). The second-order valence-corrected chi connectivity index (χ2v) is 7.71. The molecule has 1 saturated carbocycles. The third kappa shape index (κ3) is 3.62. The summed E-state index contributed by atoms with van der Waals surface area (Å²) < 4.78 is 0. The molecule has 2 amide bonds. The fourth-order valence-corrected chi connectivity index (χ4v) is 4.31. The lowest BCUT2D eigenvalue weighted by atomic mass is 9.92. The number of piperidine rings is 1. The number of rotatable bonds is 3. The van der Waals surface area contributed by atoms with Crippen LogP contribution in [0, 0.1) is 5.92 Å². The molecule has 2 aromatic rings. The molecule has 4 rings (SSSR count). The Labute approximate surface area is 154 Å². The molecule has 2 N–H and O–H groups in total. The van der Waals surface area contributed by atoms with Crippen LogP contribution in [-0.4, -0.2) is 40.8 Å². The van der Waals surface area contributed by atoms with Crippen LogP contribution in [0.15, 0.2) is 30.5 Å². The smallest absolute Gasteiger partial charge is 0.253 e. The van der Waals surface area contributed by atoms with Gasteiger partial charge in [-0.3, -0.25) is 9.59 Å². The van der Waals surface area contributed by atoms with Gasteiger partial charge in [-0.05, 0) is 49.3 Å². The third-order valence-electron chi connectivity index (χ3n) is 5.83. The van der Waals surface area contributed by atoms with Gasteiger partial charge in [0.1, 0.15) is 0 Å². The molecule has 0 radical (unpaired) electrons. The molecule has 0 bridgehead atoms. The number of fused-ring (bicyclic) bond motifs is 1. The fourth-order valence-electron chi connectivity index (χ4n) is 4.31. The van der Waals surface area contributed by atoms with Crippen molar-refractivity contribution in [3.8, 4) is 0 Å². The molecule has 1 aromatic heterocycles. The Morgan fingerprint density at radius 2 is 1.88 bits per heavy atom. The van der Waals surface area contributed by atoms with Gasteiger partial charge in [-0.15, -0.1) is 0 Å². The van der Waals surface area contributed by atoms with Gasteiger partial charge in [0.2, 0.25) is 5.91 Å². The van der Waals surface area contributed by atoms with Crippen molar-refractivity contribution in [2.24, 2.45) is 5.92 Å². The summed E-state index contributed by atoms with van der Waals surface area (Å²) in [4.78, 5) is 30.6. The Bertz CT molecular complexity index is 791. The average molecular weight is 353 g/mol. The SMILES string of the molecule is O=C(NC1CCCCC1)C1CCCN(C(=O)c2ccc3cc[nH]c3c2)C1. The zero-order valence-electron chi connectivity index (χ0n) is 15.2. The molecule has 5 heteroatoms. The number of nitrogens with zero attached hydrogens (tertiary/aromatic N) is 1. The van der Waals surface area contributed by atoms with Gasteiger partial charge < -0.3 is 15.2 Å². The molecule has 2 fully saturated rings. The van der Waals surface area contributed by atoms with Crippen molar-refractivity contribution < 1.29 is 9.59 Å². The number of carbonyl (C=O) groups excluding carboxylic acids is 2. The van der Waals surface area contributed by atoms with E-state index >= 15 is 0 Å². The largest absolute Gasteiger partial charge is 0.361 e. The van der Waals surface area contributed by atoms with E-state index in [1.165, 1.54) is 19.3 Å². The number of hydrogen-bond donors (Lipinski definition) is 2. The highest BCUT2D eigenvalue weighted by Crippen LogP contribution is 2.23. The van der Waals surface area contributed by atoms with Crippen LogP contribution in [0.1, 0.15) is 55.3 Å². The lowest BCUT2D eigenvalue weighted by molar-refractivity contribution is -0.127. The minimum absolute atomic E-state index is 0.0247. The van der Waals surface area contributed by atoms with Gasteiger partial charge in [0.15, 0.2) is 0 Å². The minimum atomic E-state index is -0.0798. The van der Waals surface area contributed by atoms with Crippen LogP contribution < -0.4 is 5.32 Å². The van der Waals surface area contributed by atoms with E-state index in [2.05, 4.69) is 10.3 Å². The normalized spacial score (nSPS) is 21.7. The molecule has 138 valence electrons. The predicted octanol–water partition coefficient (Wildman–Crippen LogP) is 3.47. The van der Waals surface area contributed by atoms with Gasteiger partial charge in [0.25, 0.3) is 5.91 Å². The van der Waals surface area contributed by atoms with E-state index in [-0.39, 0.29) is 17.7 Å². The zero-order valence-corrected chi connectivity index (χ0v) is 15.2. The Kier molecular flexibility index (Phi) is 4.96. The number of nitrogens with one attached hydrogen (secondary N) is 2. The molecule has 1 aliphatic carbocycles. The van der Waals surface area contributed by atoms with Crippen LogP contribution in [0.3, 0.4) is 0 Å². The number of aromatic amines is 1. The molecule has 26 heavy (non-hydrogen) atoms. The van der Waals surface area contributed by atoms with E-state index < -0.39 is 0 Å². The first-order valence-corrected chi connectivity index (χ1v) is 9.87. The van der Waals surface area contributed by atoms with E-state index in [0.717, 1.165) is 43.1 Å². The van der Waals surface area contributed by atoms with E-state index in [4.69, 9.17) is 0 Å². The van der Waals surface area contributed by atoms with E-state index in [1.54, 1.807) is 0 Å². The van der Waals surface area contributed by atoms with Crippen LogP contribution >= 0.6 is 0 Å². The molecule has 5 nitrogen and oxygen atoms in total. The number of amides is 2. The topological polar surface area (TPSA) is 65.2 Å². The van der Waals surface area contributed by atoms with Crippen molar-refractivity contribution in [2.45, 2.75) is 51.0 Å². The zero-order chi connectivity index (χ0) is 17.9. The summed E-state index contributed by atoms with van der Waals surface area (Å²) in [5, 5.41) is 4.33. The van der Waals surface area contributed by atoms with Gasteiger partial charge in [0.05, 0.1) is 5.92 Å². The number of likely N-dealkylation sites (tertiary alicyclic amines) is 1. The molecule has 2 heterocycles. The average Bonchev–Trinajstić information content (AvgIpc) is 3.16. The fraction of sp³-hybridized carbons (Fsp3) is 0.524. The summed E-state index contributed by atoms with van der Waals surface area (Å²) in [6, 6.07) is 8.08. The summed E-state index contributed by atoms with van der Waals surface area (Å²) in [5.41, 5.74) is 1.66. The van der Waals surface area contributed by atoms with Gasteiger partial charge in [-0.25, -0.2) is 0 Å². The van der Waals surface area contributed by atoms with Gasteiger partial charge in [0, 0.05) is 36.4 Å². The summed E-state index contributed by atoms with van der Waals surface area (Å²) in [6.45, 7) is 1.26. The molecule has 1 unspecified atom stereocenters. The Morgan fingerprint density at radius 1 is 1.04 bits per heavy atom. The molecule has 1 saturated heterocycles. The number of aromatic nitrogens is 1. The van der Waals surface area contributed by atoms with Crippen LogP contribution in [0.25, 0.3) is 10.9 Å². The monoisotopic (exact) mass is 353 g/mol. The first-order valence-electron chi connectivity index (χ1n) is 9.87. The van der Waals surface area contributed by atoms with Gasteiger partial charge in [-0.2, -0.15) is 0 Å². The highest BCUT2D eigenvalue weighted by Gasteiger charge is 2.30. The van der Waals surface area contributed by atoms with Crippen LogP contribution in [0.4, 0.5) is 0 Å². The van der Waals surface area contributed by atoms with E-state index in [0.29, 0.717) is 18.2 Å². The summed E-state index contributed by atoms with van der Waals surface area (Å²) in [5.74, 6) is 0.0785. The molecular formula is C21H27N3O2. The first kappa shape index (κ1) is 17.1. The van der Waals surface area contributed by atoms with Crippen molar-refractivity contribution in [3.05, 3.63) is 36.0 Å². The Balaban J connectivity index is 1.40.